The summed E-state index contributed by atoms with van der Waals surface area (Å²) in [7, 11) is 1.64. The highest BCUT2D eigenvalue weighted by Crippen LogP contribution is 2.17. The van der Waals surface area contributed by atoms with Gasteiger partial charge in [0.05, 0.1) is 19.2 Å². The van der Waals surface area contributed by atoms with Gasteiger partial charge in [-0.15, -0.1) is 0 Å². The molecule has 1 heterocycles. The molecule has 0 aliphatic rings. The van der Waals surface area contributed by atoms with Gasteiger partial charge in [0.1, 0.15) is 17.9 Å². The zero-order valence-electron chi connectivity index (χ0n) is 14.0. The van der Waals surface area contributed by atoms with Gasteiger partial charge in [0.25, 0.3) is 0 Å². The zero-order valence-corrected chi connectivity index (χ0v) is 14.0. The lowest BCUT2D eigenvalue weighted by molar-refractivity contribution is -0.119. The van der Waals surface area contributed by atoms with Crippen LogP contribution >= 0.6 is 0 Å². The minimum absolute atomic E-state index is 0.0730. The first-order valence-corrected chi connectivity index (χ1v) is 8.09. The molecule has 128 valence electrons. The van der Waals surface area contributed by atoms with Gasteiger partial charge in [-0.25, -0.2) is 9.97 Å². The fourth-order valence-electron chi connectivity index (χ4n) is 2.51. The third-order valence-corrected chi connectivity index (χ3v) is 3.85. The van der Waals surface area contributed by atoms with E-state index < -0.39 is 0 Å². The summed E-state index contributed by atoms with van der Waals surface area (Å²) in [5.41, 5.74) is 2.00. The molecule has 0 spiro atoms. The summed E-state index contributed by atoms with van der Waals surface area (Å²) in [4.78, 5) is 20.4. The molecule has 0 aliphatic carbocycles. The van der Waals surface area contributed by atoms with Crippen LogP contribution in [-0.4, -0.2) is 36.1 Å². The number of amides is 1. The number of rotatable bonds is 7. The Balaban J connectivity index is 1.47. The molecule has 2 N–H and O–H groups in total. The minimum Gasteiger partial charge on any atom is -0.497 e. The number of carbonyl (C=O) groups excluding carboxylic acids is 1. The van der Waals surface area contributed by atoms with Crippen LogP contribution in [0.25, 0.3) is 10.9 Å². The molecular formula is C19H20N4O2. The highest BCUT2D eigenvalue weighted by atomic mass is 16.5. The molecule has 0 atom stereocenters. The number of para-hydroxylation sites is 1. The van der Waals surface area contributed by atoms with Gasteiger partial charge in [0, 0.05) is 11.9 Å². The fraction of sp³-hybridized carbons (Fsp3) is 0.211. The third kappa shape index (κ3) is 4.44. The number of anilines is 1. The van der Waals surface area contributed by atoms with Crippen molar-refractivity contribution in [3.05, 3.63) is 60.4 Å². The van der Waals surface area contributed by atoms with Gasteiger partial charge in [-0.3, -0.25) is 4.79 Å². The van der Waals surface area contributed by atoms with Crippen LogP contribution in [0.3, 0.4) is 0 Å². The van der Waals surface area contributed by atoms with Crippen LogP contribution in [-0.2, 0) is 11.2 Å². The molecule has 0 saturated heterocycles. The average molecular weight is 336 g/mol. The lowest BCUT2D eigenvalue weighted by Gasteiger charge is -2.09. The van der Waals surface area contributed by atoms with Crippen molar-refractivity contribution in [2.45, 2.75) is 6.42 Å². The number of hydrogen-bond acceptors (Lipinski definition) is 5. The maximum atomic E-state index is 12.0. The van der Waals surface area contributed by atoms with Crippen molar-refractivity contribution >= 4 is 22.6 Å². The summed E-state index contributed by atoms with van der Waals surface area (Å²) >= 11 is 0. The predicted molar refractivity (Wildman–Crippen MR) is 97.7 cm³/mol. The highest BCUT2D eigenvalue weighted by Gasteiger charge is 2.05. The lowest BCUT2D eigenvalue weighted by Crippen LogP contribution is -2.31. The molecule has 0 aliphatic heterocycles. The van der Waals surface area contributed by atoms with Crippen molar-refractivity contribution in [1.82, 2.24) is 15.3 Å². The predicted octanol–water partition coefficient (Wildman–Crippen LogP) is 2.41. The van der Waals surface area contributed by atoms with Gasteiger partial charge >= 0.3 is 0 Å². The zero-order chi connectivity index (χ0) is 17.5. The number of methoxy groups -OCH3 is 1. The van der Waals surface area contributed by atoms with E-state index in [-0.39, 0.29) is 12.5 Å². The number of carbonyl (C=O) groups is 1. The summed E-state index contributed by atoms with van der Waals surface area (Å²) in [5, 5.41) is 6.87. The summed E-state index contributed by atoms with van der Waals surface area (Å²) in [5.74, 6) is 1.42. The van der Waals surface area contributed by atoms with Gasteiger partial charge in [-0.05, 0) is 36.2 Å². The molecule has 0 radical (unpaired) electrons. The second-order valence-electron chi connectivity index (χ2n) is 5.54. The van der Waals surface area contributed by atoms with E-state index in [0.29, 0.717) is 12.4 Å². The highest BCUT2D eigenvalue weighted by molar-refractivity contribution is 5.90. The molecule has 0 unspecified atom stereocenters. The SMILES string of the molecule is COc1ccc(CCNC(=O)CNc2ncnc3ccccc23)cc1. The number of fused-ring (bicyclic) bond motifs is 1. The Morgan fingerprint density at radius 1 is 1.08 bits per heavy atom. The Labute approximate surface area is 146 Å². The first-order valence-electron chi connectivity index (χ1n) is 8.09. The number of hydrogen-bond donors (Lipinski definition) is 2. The Hall–Kier alpha value is -3.15. The maximum Gasteiger partial charge on any atom is 0.239 e. The topological polar surface area (TPSA) is 76.1 Å². The Morgan fingerprint density at radius 2 is 1.88 bits per heavy atom. The second kappa shape index (κ2) is 8.10. The number of ether oxygens (including phenoxy) is 1. The third-order valence-electron chi connectivity index (χ3n) is 3.85. The van der Waals surface area contributed by atoms with E-state index in [2.05, 4.69) is 20.6 Å². The van der Waals surface area contributed by atoms with Gasteiger partial charge in [0.15, 0.2) is 0 Å². The first-order chi connectivity index (χ1) is 12.3. The van der Waals surface area contributed by atoms with E-state index >= 15 is 0 Å². The largest absolute Gasteiger partial charge is 0.497 e. The molecule has 0 bridgehead atoms. The molecule has 1 aromatic heterocycles. The fourth-order valence-corrected chi connectivity index (χ4v) is 2.51. The quantitative estimate of drug-likeness (QED) is 0.693. The van der Waals surface area contributed by atoms with Crippen LogP contribution in [0.2, 0.25) is 0 Å². The van der Waals surface area contributed by atoms with Crippen molar-refractivity contribution in [2.75, 3.05) is 25.5 Å². The molecular weight excluding hydrogens is 316 g/mol. The molecule has 3 aromatic rings. The van der Waals surface area contributed by atoms with Crippen molar-refractivity contribution in [3.8, 4) is 5.75 Å². The molecule has 3 rings (SSSR count). The van der Waals surface area contributed by atoms with Gasteiger partial charge in [0.2, 0.25) is 5.91 Å². The van der Waals surface area contributed by atoms with E-state index in [9.17, 15) is 4.79 Å². The average Bonchev–Trinajstić information content (AvgIpc) is 2.67. The second-order valence-corrected chi connectivity index (χ2v) is 5.54. The molecule has 2 aromatic carbocycles. The summed E-state index contributed by atoms with van der Waals surface area (Å²) in [6.07, 6.45) is 2.26. The van der Waals surface area contributed by atoms with Gasteiger partial charge in [-0.2, -0.15) is 0 Å². The standard InChI is InChI=1S/C19H20N4O2/c1-25-15-8-6-14(7-9-15)10-11-20-18(24)12-21-19-16-4-2-3-5-17(16)22-13-23-19/h2-9,13H,10-12H2,1H3,(H,20,24)(H,21,22,23). The number of nitrogens with one attached hydrogen (secondary N) is 2. The molecule has 6 heteroatoms. The van der Waals surface area contributed by atoms with E-state index in [4.69, 9.17) is 4.74 Å². The van der Waals surface area contributed by atoms with Crippen molar-refractivity contribution < 1.29 is 9.53 Å². The van der Waals surface area contributed by atoms with Crippen LogP contribution in [0, 0.1) is 0 Å². The summed E-state index contributed by atoms with van der Waals surface area (Å²) < 4.78 is 5.13. The molecule has 0 fully saturated rings. The smallest absolute Gasteiger partial charge is 0.239 e. The van der Waals surface area contributed by atoms with Crippen LogP contribution < -0.4 is 15.4 Å². The lowest BCUT2D eigenvalue weighted by atomic mass is 10.1. The number of benzene rings is 2. The van der Waals surface area contributed by atoms with Crippen molar-refractivity contribution in [2.24, 2.45) is 0 Å². The molecule has 25 heavy (non-hydrogen) atoms. The molecule has 0 saturated carbocycles. The molecule has 1 amide bonds. The van der Waals surface area contributed by atoms with Crippen LogP contribution in [0.15, 0.2) is 54.9 Å². The Kier molecular flexibility index (Phi) is 5.41. The number of aromatic nitrogens is 2. The van der Waals surface area contributed by atoms with E-state index in [1.54, 1.807) is 7.11 Å². The van der Waals surface area contributed by atoms with Gasteiger partial charge in [-0.1, -0.05) is 24.3 Å². The van der Waals surface area contributed by atoms with Crippen LogP contribution in [0.1, 0.15) is 5.56 Å². The van der Waals surface area contributed by atoms with E-state index in [1.165, 1.54) is 6.33 Å². The van der Waals surface area contributed by atoms with E-state index in [0.717, 1.165) is 28.6 Å². The van der Waals surface area contributed by atoms with Crippen molar-refractivity contribution in [1.29, 1.82) is 0 Å². The first kappa shape index (κ1) is 16.7. The van der Waals surface area contributed by atoms with Gasteiger partial charge < -0.3 is 15.4 Å². The van der Waals surface area contributed by atoms with Crippen molar-refractivity contribution in [3.63, 3.8) is 0 Å². The Morgan fingerprint density at radius 3 is 2.68 bits per heavy atom. The summed E-state index contributed by atoms with van der Waals surface area (Å²) in [6.45, 7) is 0.751. The van der Waals surface area contributed by atoms with Crippen LogP contribution in [0.4, 0.5) is 5.82 Å². The Bertz CT molecular complexity index is 844. The number of nitrogens with zero attached hydrogens (tertiary/aromatic N) is 2. The maximum absolute atomic E-state index is 12.0. The van der Waals surface area contributed by atoms with Crippen LogP contribution in [0.5, 0.6) is 5.75 Å². The molecule has 6 nitrogen and oxygen atoms in total. The normalized spacial score (nSPS) is 10.4. The minimum atomic E-state index is -0.0730. The van der Waals surface area contributed by atoms with E-state index in [1.807, 2.05) is 48.5 Å². The monoisotopic (exact) mass is 336 g/mol. The summed E-state index contributed by atoms with van der Waals surface area (Å²) in [6, 6.07) is 15.5.